The van der Waals surface area contributed by atoms with Crippen LogP contribution in [-0.4, -0.2) is 11.0 Å². The highest BCUT2D eigenvalue weighted by molar-refractivity contribution is 7.09. The van der Waals surface area contributed by atoms with Gasteiger partial charge in [0.05, 0.1) is 6.61 Å². The highest BCUT2D eigenvalue weighted by Gasteiger charge is 2.03. The number of aryl methyl sites for hydroxylation is 1. The number of unbranched alkanes of at least 4 members (excludes halogenated alkanes) is 2. The van der Waals surface area contributed by atoms with Gasteiger partial charge in [0.2, 0.25) is 5.91 Å². The van der Waals surface area contributed by atoms with Crippen molar-refractivity contribution >= 4 is 22.9 Å². The van der Waals surface area contributed by atoms with Gasteiger partial charge in [-0.15, -0.1) is 11.3 Å². The van der Waals surface area contributed by atoms with Gasteiger partial charge >= 0.3 is 0 Å². The molecular weight excluding hydrogens is 282 g/mol. The summed E-state index contributed by atoms with van der Waals surface area (Å²) in [5.74, 6) is 0.0428. The Morgan fingerprint density at radius 2 is 2.05 bits per heavy atom. The number of anilines is 1. The molecule has 0 atom stereocenters. The first-order valence-electron chi connectivity index (χ1n) is 7.30. The minimum atomic E-state index is -0.00751. The maximum atomic E-state index is 11.8. The van der Waals surface area contributed by atoms with Gasteiger partial charge in [0.25, 0.3) is 0 Å². The van der Waals surface area contributed by atoms with Gasteiger partial charge in [-0.1, -0.05) is 24.6 Å². The normalized spacial score (nSPS) is 10.5. The number of carbonyl (C=O) groups is 1. The first-order chi connectivity index (χ1) is 10.3. The monoisotopic (exact) mass is 303 g/mol. The molecule has 21 heavy (non-hydrogen) atoms. The fourth-order valence-corrected chi connectivity index (χ4v) is 2.94. The third-order valence-corrected chi connectivity index (χ3v) is 4.24. The molecule has 0 fully saturated rings. The molecule has 112 valence electrons. The number of amides is 1. The van der Waals surface area contributed by atoms with E-state index in [1.807, 2.05) is 18.2 Å². The minimum Gasteiger partial charge on any atom is -0.392 e. The molecule has 0 saturated heterocycles. The molecule has 0 radical (unpaired) electrons. The van der Waals surface area contributed by atoms with Crippen LogP contribution in [0.4, 0.5) is 5.69 Å². The molecule has 1 heterocycles. The van der Waals surface area contributed by atoms with E-state index in [9.17, 15) is 4.79 Å². The second kappa shape index (κ2) is 8.60. The summed E-state index contributed by atoms with van der Waals surface area (Å²) in [6.45, 7) is -0.00751. The topological polar surface area (TPSA) is 49.3 Å². The van der Waals surface area contributed by atoms with Gasteiger partial charge in [-0.05, 0) is 48.4 Å². The molecule has 1 aromatic carbocycles. The number of carbonyl (C=O) groups excluding carboxylic acids is 1. The number of hydrogen-bond acceptors (Lipinski definition) is 3. The van der Waals surface area contributed by atoms with Crippen molar-refractivity contribution in [3.05, 3.63) is 52.2 Å². The SMILES string of the molecule is O=C(CCCCCc1cccs1)Nc1cccc(CO)c1. The van der Waals surface area contributed by atoms with Crippen molar-refractivity contribution in [1.82, 2.24) is 0 Å². The van der Waals surface area contributed by atoms with Gasteiger partial charge in [-0.2, -0.15) is 0 Å². The lowest BCUT2D eigenvalue weighted by Crippen LogP contribution is -2.11. The second-order valence-corrected chi connectivity index (χ2v) is 6.08. The molecule has 1 amide bonds. The molecule has 0 aliphatic heterocycles. The van der Waals surface area contributed by atoms with Gasteiger partial charge in [0, 0.05) is 17.0 Å². The summed E-state index contributed by atoms with van der Waals surface area (Å²) < 4.78 is 0. The summed E-state index contributed by atoms with van der Waals surface area (Å²) in [5.41, 5.74) is 1.56. The van der Waals surface area contributed by atoms with Crippen molar-refractivity contribution in [2.45, 2.75) is 38.7 Å². The summed E-state index contributed by atoms with van der Waals surface area (Å²) in [4.78, 5) is 13.2. The molecule has 0 bridgehead atoms. The lowest BCUT2D eigenvalue weighted by molar-refractivity contribution is -0.116. The van der Waals surface area contributed by atoms with E-state index in [-0.39, 0.29) is 12.5 Å². The zero-order valence-electron chi connectivity index (χ0n) is 12.0. The van der Waals surface area contributed by atoms with Crippen molar-refractivity contribution in [2.24, 2.45) is 0 Å². The van der Waals surface area contributed by atoms with Crippen LogP contribution < -0.4 is 5.32 Å². The smallest absolute Gasteiger partial charge is 0.224 e. The Kier molecular flexibility index (Phi) is 6.44. The molecule has 2 rings (SSSR count). The van der Waals surface area contributed by atoms with Crippen LogP contribution in [0.1, 0.15) is 36.1 Å². The van der Waals surface area contributed by atoms with Gasteiger partial charge in [0.15, 0.2) is 0 Å². The maximum absolute atomic E-state index is 11.8. The summed E-state index contributed by atoms with van der Waals surface area (Å²) >= 11 is 1.79. The molecule has 0 unspecified atom stereocenters. The first kappa shape index (κ1) is 15.7. The van der Waals surface area contributed by atoms with Crippen molar-refractivity contribution < 1.29 is 9.90 Å². The zero-order valence-corrected chi connectivity index (χ0v) is 12.9. The van der Waals surface area contributed by atoms with Gasteiger partial charge < -0.3 is 10.4 Å². The van der Waals surface area contributed by atoms with E-state index in [1.165, 1.54) is 4.88 Å². The Morgan fingerprint density at radius 3 is 2.81 bits per heavy atom. The van der Waals surface area contributed by atoms with Crippen molar-refractivity contribution in [1.29, 1.82) is 0 Å². The van der Waals surface area contributed by atoms with Crippen LogP contribution in [0.3, 0.4) is 0 Å². The molecule has 2 aromatic rings. The Morgan fingerprint density at radius 1 is 1.14 bits per heavy atom. The lowest BCUT2D eigenvalue weighted by Gasteiger charge is -2.06. The van der Waals surface area contributed by atoms with Crippen LogP contribution in [0.15, 0.2) is 41.8 Å². The van der Waals surface area contributed by atoms with Crippen molar-refractivity contribution in [3.63, 3.8) is 0 Å². The predicted molar refractivity (Wildman–Crippen MR) is 87.5 cm³/mol. The lowest BCUT2D eigenvalue weighted by atomic mass is 10.1. The fourth-order valence-electron chi connectivity index (χ4n) is 2.19. The summed E-state index contributed by atoms with van der Waals surface area (Å²) in [7, 11) is 0. The number of rotatable bonds is 8. The molecule has 2 N–H and O–H groups in total. The largest absolute Gasteiger partial charge is 0.392 e. The summed E-state index contributed by atoms with van der Waals surface area (Å²) in [5, 5.41) is 14.0. The number of hydrogen-bond donors (Lipinski definition) is 2. The Labute approximate surface area is 129 Å². The van der Waals surface area contributed by atoms with Crippen LogP contribution in [0, 0.1) is 0 Å². The average Bonchev–Trinajstić information content (AvgIpc) is 3.00. The van der Waals surface area contributed by atoms with Crippen molar-refractivity contribution in [2.75, 3.05) is 5.32 Å². The fraction of sp³-hybridized carbons (Fsp3) is 0.353. The van der Waals surface area contributed by atoms with Crippen LogP contribution in [0.5, 0.6) is 0 Å². The Balaban J connectivity index is 1.63. The maximum Gasteiger partial charge on any atom is 0.224 e. The van der Waals surface area contributed by atoms with Gasteiger partial charge in [-0.25, -0.2) is 0 Å². The van der Waals surface area contributed by atoms with Crippen LogP contribution >= 0.6 is 11.3 Å². The average molecular weight is 303 g/mol. The van der Waals surface area contributed by atoms with Gasteiger partial charge in [-0.3, -0.25) is 4.79 Å². The molecular formula is C17H21NO2S. The second-order valence-electron chi connectivity index (χ2n) is 5.05. The number of aliphatic hydroxyl groups excluding tert-OH is 1. The molecule has 0 saturated carbocycles. The first-order valence-corrected chi connectivity index (χ1v) is 8.18. The van der Waals surface area contributed by atoms with Crippen molar-refractivity contribution in [3.8, 4) is 0 Å². The molecule has 0 aliphatic carbocycles. The highest BCUT2D eigenvalue weighted by atomic mass is 32.1. The van der Waals surface area contributed by atoms with E-state index in [4.69, 9.17) is 5.11 Å². The van der Waals surface area contributed by atoms with E-state index < -0.39 is 0 Å². The quantitative estimate of drug-likeness (QED) is 0.725. The third-order valence-electron chi connectivity index (χ3n) is 3.30. The highest BCUT2D eigenvalue weighted by Crippen LogP contribution is 2.14. The Bertz CT molecular complexity index is 552. The molecule has 4 heteroatoms. The Hall–Kier alpha value is -1.65. The summed E-state index contributed by atoms with van der Waals surface area (Å²) in [6, 6.07) is 11.5. The number of thiophene rings is 1. The van der Waals surface area contributed by atoms with Gasteiger partial charge in [0.1, 0.15) is 0 Å². The minimum absolute atomic E-state index is 0.00751. The van der Waals surface area contributed by atoms with E-state index >= 15 is 0 Å². The number of nitrogens with one attached hydrogen (secondary N) is 1. The molecule has 3 nitrogen and oxygen atoms in total. The molecule has 0 spiro atoms. The van der Waals surface area contributed by atoms with Crippen LogP contribution in [0.25, 0.3) is 0 Å². The third kappa shape index (κ3) is 5.69. The zero-order chi connectivity index (χ0) is 14.9. The van der Waals surface area contributed by atoms with E-state index in [2.05, 4.69) is 22.8 Å². The molecule has 0 aliphatic rings. The summed E-state index contributed by atoms with van der Waals surface area (Å²) in [6.07, 6.45) is 4.78. The van der Waals surface area contributed by atoms with E-state index in [0.29, 0.717) is 6.42 Å². The predicted octanol–water partition coefficient (Wildman–Crippen LogP) is 3.98. The number of benzene rings is 1. The van der Waals surface area contributed by atoms with E-state index in [1.54, 1.807) is 17.4 Å². The van der Waals surface area contributed by atoms with Crippen LogP contribution in [0.2, 0.25) is 0 Å². The van der Waals surface area contributed by atoms with Crippen LogP contribution in [-0.2, 0) is 17.8 Å². The standard InChI is InChI=1S/C17H21NO2S/c19-13-14-6-4-7-15(12-14)18-17(20)10-3-1-2-8-16-9-5-11-21-16/h4-7,9,11-12,19H,1-3,8,10,13H2,(H,18,20). The molecule has 1 aromatic heterocycles. The van der Waals surface area contributed by atoms with E-state index in [0.717, 1.165) is 36.9 Å². The number of aliphatic hydroxyl groups is 1.